The molecule has 0 aromatic heterocycles. The normalized spacial score (nSPS) is 20.0. The Bertz CT molecular complexity index is 744. The second kappa shape index (κ2) is 6.23. The van der Waals surface area contributed by atoms with E-state index in [0.717, 1.165) is 12.6 Å². The van der Waals surface area contributed by atoms with Crippen molar-refractivity contribution in [3.05, 3.63) is 29.3 Å². The predicted molar refractivity (Wildman–Crippen MR) is 85.1 cm³/mol. The minimum atomic E-state index is -4.65. The van der Waals surface area contributed by atoms with Gasteiger partial charge in [0.25, 0.3) is 0 Å². The van der Waals surface area contributed by atoms with Crippen molar-refractivity contribution in [1.82, 2.24) is 4.31 Å². The molecule has 1 N–H and O–H groups in total. The van der Waals surface area contributed by atoms with E-state index < -0.39 is 34.2 Å². The summed E-state index contributed by atoms with van der Waals surface area (Å²) in [5.41, 5.74) is 1.17. The Morgan fingerprint density at radius 3 is 2.58 bits per heavy atom. The first-order chi connectivity index (χ1) is 11.0. The number of benzene rings is 1. The van der Waals surface area contributed by atoms with Crippen molar-refractivity contribution in [3.63, 3.8) is 0 Å². The first-order valence-electron chi connectivity index (χ1n) is 7.24. The van der Waals surface area contributed by atoms with Gasteiger partial charge < -0.3 is 14.2 Å². The van der Waals surface area contributed by atoms with Crippen LogP contribution in [0.4, 0.5) is 4.79 Å². The van der Waals surface area contributed by atoms with Gasteiger partial charge in [0.1, 0.15) is 11.9 Å². The summed E-state index contributed by atoms with van der Waals surface area (Å²) in [6.07, 6.45) is -2.31. The van der Waals surface area contributed by atoms with E-state index in [4.69, 9.17) is 18.8 Å². The van der Waals surface area contributed by atoms with Crippen LogP contribution in [0.3, 0.4) is 0 Å². The van der Waals surface area contributed by atoms with Crippen molar-refractivity contribution in [2.24, 2.45) is 0 Å². The topological polar surface area (TPSA) is 102 Å². The Morgan fingerprint density at radius 1 is 1.42 bits per heavy atom. The third-order valence-corrected chi connectivity index (χ3v) is 4.93. The minimum Gasteiger partial charge on any atom is -0.464 e. The molecule has 0 spiro atoms. The maximum absolute atomic E-state index is 11.8. The molecule has 0 radical (unpaired) electrons. The summed E-state index contributed by atoms with van der Waals surface area (Å²) in [6.45, 7) is 5.55. The molecular formula is C15H21NO7S. The maximum Gasteiger partial charge on any atom is 0.425 e. The molecule has 24 heavy (non-hydrogen) atoms. The molecule has 0 saturated carbocycles. The summed E-state index contributed by atoms with van der Waals surface area (Å²) in [5, 5.41) is 0. The van der Waals surface area contributed by atoms with Crippen LogP contribution in [0.15, 0.2) is 18.2 Å². The van der Waals surface area contributed by atoms with E-state index in [1.807, 2.05) is 19.9 Å². The van der Waals surface area contributed by atoms with Gasteiger partial charge in [-0.1, -0.05) is 6.07 Å². The number of hydrogen-bond acceptors (Lipinski definition) is 6. The molecule has 1 heterocycles. The Balaban J connectivity index is 2.22. The Labute approximate surface area is 141 Å². The summed E-state index contributed by atoms with van der Waals surface area (Å²) in [4.78, 5) is 11.8. The van der Waals surface area contributed by atoms with Crippen molar-refractivity contribution < 1.29 is 32.0 Å². The lowest BCUT2D eigenvalue weighted by Gasteiger charge is -2.24. The second-order valence-corrected chi connectivity index (χ2v) is 7.58. The van der Waals surface area contributed by atoms with Gasteiger partial charge in [-0.15, -0.1) is 0 Å². The van der Waals surface area contributed by atoms with Crippen LogP contribution in [-0.2, 0) is 25.2 Å². The van der Waals surface area contributed by atoms with E-state index in [1.165, 1.54) is 0 Å². The van der Waals surface area contributed by atoms with Crippen LogP contribution in [0.2, 0.25) is 0 Å². The SMILES string of the molecule is COC1Oc2ccc(C(C)OC(=O)N(C)S(=O)(=O)O)cc2C1(C)C. The lowest BCUT2D eigenvalue weighted by Crippen LogP contribution is -2.34. The molecule has 2 unspecified atom stereocenters. The predicted octanol–water partition coefficient (Wildman–Crippen LogP) is 2.26. The number of methoxy groups -OCH3 is 1. The molecule has 1 aromatic rings. The van der Waals surface area contributed by atoms with E-state index in [0.29, 0.717) is 11.3 Å². The van der Waals surface area contributed by atoms with Crippen LogP contribution in [-0.4, -0.2) is 43.8 Å². The van der Waals surface area contributed by atoms with Crippen molar-refractivity contribution in [2.45, 2.75) is 38.6 Å². The highest BCUT2D eigenvalue weighted by atomic mass is 32.2. The van der Waals surface area contributed by atoms with Crippen LogP contribution < -0.4 is 4.74 Å². The molecule has 9 heteroatoms. The van der Waals surface area contributed by atoms with Gasteiger partial charge in [-0.25, -0.2) is 4.79 Å². The van der Waals surface area contributed by atoms with Crippen LogP contribution in [0.1, 0.15) is 38.0 Å². The highest BCUT2D eigenvalue weighted by Crippen LogP contribution is 2.44. The molecule has 1 amide bonds. The summed E-state index contributed by atoms with van der Waals surface area (Å²) in [7, 11) is -2.17. The van der Waals surface area contributed by atoms with Crippen LogP contribution in [0.5, 0.6) is 5.75 Å². The number of nitrogens with zero attached hydrogens (tertiary/aromatic N) is 1. The zero-order valence-corrected chi connectivity index (χ0v) is 15.0. The van der Waals surface area contributed by atoms with Crippen LogP contribution >= 0.6 is 0 Å². The number of carbonyl (C=O) groups excluding carboxylic acids is 1. The average molecular weight is 359 g/mol. The van der Waals surface area contributed by atoms with Crippen molar-refractivity contribution in [1.29, 1.82) is 0 Å². The molecule has 1 aliphatic rings. The van der Waals surface area contributed by atoms with Gasteiger partial charge in [0.2, 0.25) is 6.29 Å². The molecule has 1 aromatic carbocycles. The third kappa shape index (κ3) is 3.33. The van der Waals surface area contributed by atoms with Gasteiger partial charge >= 0.3 is 16.4 Å². The van der Waals surface area contributed by atoms with Crippen molar-refractivity contribution in [3.8, 4) is 5.75 Å². The fourth-order valence-corrected chi connectivity index (χ4v) is 2.76. The van der Waals surface area contributed by atoms with Crippen LogP contribution in [0.25, 0.3) is 0 Å². The number of rotatable bonds is 4. The van der Waals surface area contributed by atoms with Crippen molar-refractivity contribution in [2.75, 3.05) is 14.2 Å². The van der Waals surface area contributed by atoms with Gasteiger partial charge in [0, 0.05) is 19.7 Å². The number of amides is 1. The van der Waals surface area contributed by atoms with E-state index >= 15 is 0 Å². The summed E-state index contributed by atoms with van der Waals surface area (Å²) in [6, 6.07) is 5.31. The number of hydrogen-bond donors (Lipinski definition) is 1. The summed E-state index contributed by atoms with van der Waals surface area (Å²) < 4.78 is 47.0. The first-order valence-corrected chi connectivity index (χ1v) is 8.64. The van der Waals surface area contributed by atoms with Gasteiger partial charge in [-0.2, -0.15) is 12.7 Å². The molecule has 8 nitrogen and oxygen atoms in total. The lowest BCUT2D eigenvalue weighted by molar-refractivity contribution is -0.0779. The van der Waals surface area contributed by atoms with Crippen LogP contribution in [0, 0.1) is 0 Å². The summed E-state index contributed by atoms with van der Waals surface area (Å²) in [5.74, 6) is 0.684. The minimum absolute atomic E-state index is 0.130. The first kappa shape index (κ1) is 18.5. The standard InChI is InChI=1S/C15H21NO7S/c1-9(22-14(17)16(4)24(18,19)20)10-6-7-12-11(8-10)15(2,3)13(21-5)23-12/h6-9,13H,1-5H3,(H,18,19,20). The molecule has 2 rings (SSSR count). The molecule has 1 aliphatic heterocycles. The fourth-order valence-electron chi connectivity index (χ4n) is 2.53. The van der Waals surface area contributed by atoms with E-state index in [1.54, 1.807) is 26.2 Å². The lowest BCUT2D eigenvalue weighted by atomic mass is 9.84. The molecule has 2 atom stereocenters. The average Bonchev–Trinajstić information content (AvgIpc) is 2.75. The molecular weight excluding hydrogens is 338 g/mol. The third-order valence-electron chi connectivity index (χ3n) is 4.09. The summed E-state index contributed by atoms with van der Waals surface area (Å²) >= 11 is 0. The van der Waals surface area contributed by atoms with Gasteiger partial charge in [-0.3, -0.25) is 4.55 Å². The molecule has 0 saturated heterocycles. The molecule has 0 aliphatic carbocycles. The van der Waals surface area contributed by atoms with Gasteiger partial charge in [-0.05, 0) is 38.5 Å². The largest absolute Gasteiger partial charge is 0.464 e. The molecule has 0 fully saturated rings. The number of ether oxygens (including phenoxy) is 3. The fraction of sp³-hybridized carbons (Fsp3) is 0.533. The van der Waals surface area contributed by atoms with E-state index in [9.17, 15) is 13.2 Å². The monoisotopic (exact) mass is 359 g/mol. The number of carbonyl (C=O) groups is 1. The second-order valence-electron chi connectivity index (χ2n) is 6.13. The van der Waals surface area contributed by atoms with Gasteiger partial charge in [0.05, 0.1) is 5.41 Å². The quantitative estimate of drug-likeness (QED) is 0.823. The number of fused-ring (bicyclic) bond motifs is 1. The molecule has 0 bridgehead atoms. The Kier molecular flexibility index (Phi) is 4.80. The highest BCUT2D eigenvalue weighted by molar-refractivity contribution is 7.83. The van der Waals surface area contributed by atoms with E-state index in [-0.39, 0.29) is 4.31 Å². The van der Waals surface area contributed by atoms with Crippen molar-refractivity contribution >= 4 is 16.4 Å². The zero-order valence-electron chi connectivity index (χ0n) is 14.1. The highest BCUT2D eigenvalue weighted by Gasteiger charge is 2.42. The zero-order chi connectivity index (χ0) is 18.3. The molecule has 134 valence electrons. The smallest absolute Gasteiger partial charge is 0.425 e. The Morgan fingerprint density at radius 2 is 2.04 bits per heavy atom. The Hall–Kier alpha value is -1.84. The van der Waals surface area contributed by atoms with Gasteiger partial charge in [0.15, 0.2) is 0 Å². The maximum atomic E-state index is 11.8. The van der Waals surface area contributed by atoms with E-state index in [2.05, 4.69) is 0 Å².